The molecule has 0 aliphatic heterocycles. The summed E-state index contributed by atoms with van der Waals surface area (Å²) in [6.07, 6.45) is 2.39. The summed E-state index contributed by atoms with van der Waals surface area (Å²) >= 11 is 0. The quantitative estimate of drug-likeness (QED) is 0.728. The molecule has 1 aliphatic carbocycles. The van der Waals surface area contributed by atoms with Gasteiger partial charge in [0.05, 0.1) is 20.3 Å². The molecule has 0 spiro atoms. The Hall–Kier alpha value is -0.683. The molecule has 4 heteroatoms. The second kappa shape index (κ2) is 5.84. The van der Waals surface area contributed by atoms with Gasteiger partial charge in [-0.15, -0.1) is 0 Å². The number of rotatable bonds is 5. The van der Waals surface area contributed by atoms with E-state index in [1.807, 2.05) is 25.1 Å². The van der Waals surface area contributed by atoms with Gasteiger partial charge in [0.25, 0.3) is 0 Å². The van der Waals surface area contributed by atoms with Crippen molar-refractivity contribution in [2.24, 2.45) is 5.41 Å². The molecule has 1 aromatic rings. The highest BCUT2D eigenvalue weighted by molar-refractivity contribution is 6.91. The average molecular weight is 308 g/mol. The topological polar surface area (TPSA) is 60.7 Å². The molecule has 118 valence electrons. The van der Waals surface area contributed by atoms with Crippen LogP contribution in [0, 0.1) is 5.41 Å². The first-order valence-corrected chi connectivity index (χ1v) is 10.9. The zero-order valence-electron chi connectivity index (χ0n) is 13.3. The van der Waals surface area contributed by atoms with Gasteiger partial charge >= 0.3 is 0 Å². The zero-order chi connectivity index (χ0) is 15.7. The van der Waals surface area contributed by atoms with Crippen LogP contribution >= 0.6 is 0 Å². The fraction of sp³-hybridized carbons (Fsp3) is 0.647. The molecule has 0 saturated heterocycles. The maximum absolute atomic E-state index is 10.9. The lowest BCUT2D eigenvalue weighted by Gasteiger charge is -2.50. The molecular weight excluding hydrogens is 280 g/mol. The van der Waals surface area contributed by atoms with Crippen molar-refractivity contribution in [3.05, 3.63) is 30.3 Å². The predicted octanol–water partition coefficient (Wildman–Crippen LogP) is 1.88. The Morgan fingerprint density at radius 3 is 2.19 bits per heavy atom. The van der Waals surface area contributed by atoms with Crippen molar-refractivity contribution in [1.82, 2.24) is 0 Å². The number of hydrogen-bond donors (Lipinski definition) is 3. The Morgan fingerprint density at radius 1 is 1.14 bits per heavy atom. The molecule has 3 atom stereocenters. The van der Waals surface area contributed by atoms with Gasteiger partial charge in [0.1, 0.15) is 0 Å². The molecule has 2 unspecified atom stereocenters. The maximum Gasteiger partial charge on any atom is 0.0866 e. The Labute approximate surface area is 128 Å². The molecule has 0 radical (unpaired) electrons. The van der Waals surface area contributed by atoms with Crippen molar-refractivity contribution in [3.63, 3.8) is 0 Å². The molecule has 21 heavy (non-hydrogen) atoms. The van der Waals surface area contributed by atoms with Gasteiger partial charge in [-0.3, -0.25) is 0 Å². The van der Waals surface area contributed by atoms with Crippen LogP contribution in [0.25, 0.3) is 0 Å². The standard InChI is InChI=1S/C17H28O3Si/c1-16(20)10-7-11-17(16,13-19)15(12-18)21(2,3)14-8-5-4-6-9-14/h4-6,8-9,15,18-20H,7,10-13H2,1-3H3/t15-,16?,17?/m0/s1. The first-order chi connectivity index (χ1) is 9.82. The third-order valence-corrected chi connectivity index (χ3v) is 10.2. The smallest absolute Gasteiger partial charge is 0.0866 e. The molecular formula is C17H28O3Si. The van der Waals surface area contributed by atoms with Crippen LogP contribution < -0.4 is 5.19 Å². The van der Waals surface area contributed by atoms with E-state index in [4.69, 9.17) is 0 Å². The summed E-state index contributed by atoms with van der Waals surface area (Å²) in [5, 5.41) is 32.4. The van der Waals surface area contributed by atoms with Gasteiger partial charge in [-0.05, 0) is 31.7 Å². The monoisotopic (exact) mass is 308 g/mol. The van der Waals surface area contributed by atoms with E-state index in [2.05, 4.69) is 25.2 Å². The van der Waals surface area contributed by atoms with Crippen LogP contribution in [-0.2, 0) is 0 Å². The Bertz CT molecular complexity index is 472. The summed E-state index contributed by atoms with van der Waals surface area (Å²) in [6.45, 7) is 6.25. The molecule has 3 N–H and O–H groups in total. The Kier molecular flexibility index (Phi) is 4.64. The van der Waals surface area contributed by atoms with Gasteiger partial charge in [0.15, 0.2) is 0 Å². The largest absolute Gasteiger partial charge is 0.396 e. The van der Waals surface area contributed by atoms with E-state index in [0.717, 1.165) is 12.8 Å². The lowest BCUT2D eigenvalue weighted by Crippen LogP contribution is -2.59. The fourth-order valence-corrected chi connectivity index (χ4v) is 8.18. The fourth-order valence-electron chi connectivity index (χ4n) is 4.34. The first-order valence-electron chi connectivity index (χ1n) is 7.81. The number of aliphatic hydroxyl groups is 3. The maximum atomic E-state index is 10.9. The molecule has 1 aromatic carbocycles. The van der Waals surface area contributed by atoms with Crippen LogP contribution in [0.15, 0.2) is 30.3 Å². The van der Waals surface area contributed by atoms with Crippen molar-refractivity contribution < 1.29 is 15.3 Å². The third-order valence-electron chi connectivity index (χ3n) is 5.88. The average Bonchev–Trinajstić information content (AvgIpc) is 2.76. The van der Waals surface area contributed by atoms with Crippen LogP contribution in [0.1, 0.15) is 26.2 Å². The summed E-state index contributed by atoms with van der Waals surface area (Å²) in [6, 6.07) is 10.3. The van der Waals surface area contributed by atoms with E-state index in [9.17, 15) is 15.3 Å². The minimum absolute atomic E-state index is 0.0187. The molecule has 0 amide bonds. The summed E-state index contributed by atoms with van der Waals surface area (Å²) in [4.78, 5) is 0. The minimum atomic E-state index is -2.03. The van der Waals surface area contributed by atoms with Crippen molar-refractivity contribution >= 4 is 13.3 Å². The lowest BCUT2D eigenvalue weighted by atomic mass is 9.73. The van der Waals surface area contributed by atoms with Crippen molar-refractivity contribution in [2.45, 2.75) is 50.4 Å². The SMILES string of the molecule is CC1(O)CCCC1(CO)[C@H](CO)[Si](C)(C)c1ccccc1. The highest BCUT2D eigenvalue weighted by atomic mass is 28.3. The lowest BCUT2D eigenvalue weighted by molar-refractivity contribution is -0.0848. The van der Waals surface area contributed by atoms with E-state index in [0.29, 0.717) is 6.42 Å². The summed E-state index contributed by atoms with van der Waals surface area (Å²) in [5.74, 6) is 0. The van der Waals surface area contributed by atoms with E-state index >= 15 is 0 Å². The second-order valence-electron chi connectivity index (χ2n) is 7.26. The normalized spacial score (nSPS) is 31.3. The highest BCUT2D eigenvalue weighted by Crippen LogP contribution is 2.56. The molecule has 1 fully saturated rings. The van der Waals surface area contributed by atoms with E-state index in [-0.39, 0.29) is 18.8 Å². The van der Waals surface area contributed by atoms with Crippen molar-refractivity contribution in [1.29, 1.82) is 0 Å². The molecule has 0 bridgehead atoms. The van der Waals surface area contributed by atoms with E-state index in [1.54, 1.807) is 0 Å². The van der Waals surface area contributed by atoms with Crippen LogP contribution in [0.4, 0.5) is 0 Å². The zero-order valence-corrected chi connectivity index (χ0v) is 14.3. The van der Waals surface area contributed by atoms with Crippen molar-refractivity contribution in [2.75, 3.05) is 13.2 Å². The van der Waals surface area contributed by atoms with Crippen LogP contribution in [-0.4, -0.2) is 42.2 Å². The summed E-state index contributed by atoms with van der Waals surface area (Å²) < 4.78 is 0. The van der Waals surface area contributed by atoms with Gasteiger partial charge in [-0.25, -0.2) is 0 Å². The second-order valence-corrected chi connectivity index (χ2v) is 12.0. The predicted molar refractivity (Wildman–Crippen MR) is 88.4 cm³/mol. The minimum Gasteiger partial charge on any atom is -0.396 e. The van der Waals surface area contributed by atoms with Gasteiger partial charge in [0.2, 0.25) is 0 Å². The number of aliphatic hydroxyl groups excluding tert-OH is 2. The molecule has 1 saturated carbocycles. The van der Waals surface area contributed by atoms with Crippen LogP contribution in [0.3, 0.4) is 0 Å². The van der Waals surface area contributed by atoms with E-state index < -0.39 is 19.1 Å². The van der Waals surface area contributed by atoms with Gasteiger partial charge in [-0.2, -0.15) is 0 Å². The molecule has 0 heterocycles. The van der Waals surface area contributed by atoms with Gasteiger partial charge in [-0.1, -0.05) is 48.6 Å². The third kappa shape index (κ3) is 2.59. The van der Waals surface area contributed by atoms with Crippen molar-refractivity contribution in [3.8, 4) is 0 Å². The van der Waals surface area contributed by atoms with Crippen LogP contribution in [0.2, 0.25) is 18.6 Å². The van der Waals surface area contributed by atoms with Gasteiger partial charge in [0, 0.05) is 12.0 Å². The van der Waals surface area contributed by atoms with Crippen LogP contribution in [0.5, 0.6) is 0 Å². The Balaban J connectivity index is 2.47. The molecule has 1 aliphatic rings. The summed E-state index contributed by atoms with van der Waals surface area (Å²) in [5.41, 5.74) is -1.56. The molecule has 0 aromatic heterocycles. The highest BCUT2D eigenvalue weighted by Gasteiger charge is 2.59. The number of benzene rings is 1. The summed E-state index contributed by atoms with van der Waals surface area (Å²) in [7, 11) is -2.03. The van der Waals surface area contributed by atoms with E-state index in [1.165, 1.54) is 5.19 Å². The first kappa shape index (κ1) is 16.7. The molecule has 3 nitrogen and oxygen atoms in total. The molecule has 2 rings (SSSR count). The number of hydrogen-bond acceptors (Lipinski definition) is 3. The Morgan fingerprint density at radius 2 is 1.76 bits per heavy atom. The van der Waals surface area contributed by atoms with Gasteiger partial charge < -0.3 is 15.3 Å².